The van der Waals surface area contributed by atoms with E-state index >= 15 is 0 Å². The highest BCUT2D eigenvalue weighted by Gasteiger charge is 2.34. The largest absolute Gasteiger partial charge is 0.464 e. The summed E-state index contributed by atoms with van der Waals surface area (Å²) in [6.45, 7) is 0. The molecule has 0 bridgehead atoms. The molecule has 2 heterocycles. The Labute approximate surface area is 122 Å². The van der Waals surface area contributed by atoms with Crippen LogP contribution in [0.2, 0.25) is 5.02 Å². The second kappa shape index (κ2) is 4.96. The van der Waals surface area contributed by atoms with Gasteiger partial charge in [-0.25, -0.2) is 4.68 Å². The molecule has 108 valence electrons. The Balaban J connectivity index is 2.16. The highest BCUT2D eigenvalue weighted by atomic mass is 35.5. The fourth-order valence-electron chi connectivity index (χ4n) is 1.98. The van der Waals surface area contributed by atoms with Crippen LogP contribution in [0.15, 0.2) is 53.3 Å². The third kappa shape index (κ3) is 2.54. The zero-order valence-electron chi connectivity index (χ0n) is 10.4. The normalized spacial score (nSPS) is 11.8. The molecule has 3 nitrogen and oxygen atoms in total. The van der Waals surface area contributed by atoms with Gasteiger partial charge in [-0.15, -0.1) is 0 Å². The summed E-state index contributed by atoms with van der Waals surface area (Å²) in [6.07, 6.45) is -1.81. The predicted molar refractivity (Wildman–Crippen MR) is 71.3 cm³/mol. The average Bonchev–Trinajstić information content (AvgIpc) is 3.09. The SMILES string of the molecule is FC(F)(F)c1ccn(-c2c(Cl)cccc2-c2ccco2)n1. The van der Waals surface area contributed by atoms with E-state index in [-0.39, 0.29) is 5.02 Å². The molecule has 0 amide bonds. The number of furan rings is 1. The molecule has 0 spiro atoms. The van der Waals surface area contributed by atoms with Gasteiger partial charge >= 0.3 is 6.18 Å². The van der Waals surface area contributed by atoms with Crippen LogP contribution in [0.5, 0.6) is 0 Å². The topological polar surface area (TPSA) is 31.0 Å². The van der Waals surface area contributed by atoms with Crippen LogP contribution in [0, 0.1) is 0 Å². The van der Waals surface area contributed by atoms with E-state index in [4.69, 9.17) is 16.0 Å². The molecule has 3 aromatic rings. The van der Waals surface area contributed by atoms with Crippen LogP contribution < -0.4 is 0 Å². The van der Waals surface area contributed by atoms with Crippen LogP contribution in [0.25, 0.3) is 17.0 Å². The summed E-state index contributed by atoms with van der Waals surface area (Å²) >= 11 is 6.12. The van der Waals surface area contributed by atoms with Crippen LogP contribution in [0.3, 0.4) is 0 Å². The van der Waals surface area contributed by atoms with E-state index in [0.29, 0.717) is 17.0 Å². The summed E-state index contributed by atoms with van der Waals surface area (Å²) in [6, 6.07) is 9.26. The molecule has 0 saturated carbocycles. The van der Waals surface area contributed by atoms with Crippen molar-refractivity contribution in [1.29, 1.82) is 0 Å². The number of halogens is 4. The Bertz CT molecular complexity index is 763. The second-order valence-electron chi connectivity index (χ2n) is 4.26. The third-order valence-electron chi connectivity index (χ3n) is 2.88. The Hall–Kier alpha value is -2.21. The number of para-hydroxylation sites is 1. The lowest BCUT2D eigenvalue weighted by atomic mass is 10.1. The first kappa shape index (κ1) is 13.8. The number of nitrogens with zero attached hydrogens (tertiary/aromatic N) is 2. The fraction of sp³-hybridized carbons (Fsp3) is 0.0714. The second-order valence-corrected chi connectivity index (χ2v) is 4.66. The maximum Gasteiger partial charge on any atom is 0.435 e. The molecule has 0 aliphatic heterocycles. The number of benzene rings is 1. The first-order valence-corrected chi connectivity index (χ1v) is 6.30. The molecule has 0 fully saturated rings. The summed E-state index contributed by atoms with van der Waals surface area (Å²) in [4.78, 5) is 0. The van der Waals surface area contributed by atoms with E-state index < -0.39 is 11.9 Å². The van der Waals surface area contributed by atoms with Gasteiger partial charge in [-0.1, -0.05) is 17.7 Å². The van der Waals surface area contributed by atoms with Crippen molar-refractivity contribution in [3.05, 3.63) is 59.6 Å². The van der Waals surface area contributed by atoms with Crippen LogP contribution >= 0.6 is 11.6 Å². The van der Waals surface area contributed by atoms with Gasteiger partial charge in [0.2, 0.25) is 0 Å². The Kier molecular flexibility index (Phi) is 3.25. The molecule has 0 saturated heterocycles. The van der Waals surface area contributed by atoms with Crippen molar-refractivity contribution < 1.29 is 17.6 Å². The molecule has 0 aliphatic rings. The average molecular weight is 313 g/mol. The summed E-state index contributed by atoms with van der Waals surface area (Å²) in [5.41, 5.74) is -0.0817. The Morgan fingerprint density at radius 2 is 1.90 bits per heavy atom. The van der Waals surface area contributed by atoms with Crippen molar-refractivity contribution in [1.82, 2.24) is 9.78 Å². The summed E-state index contributed by atoms with van der Waals surface area (Å²) in [5.74, 6) is 0.497. The predicted octanol–water partition coefficient (Wildman–Crippen LogP) is 4.80. The molecule has 0 N–H and O–H groups in total. The van der Waals surface area contributed by atoms with Gasteiger partial charge < -0.3 is 4.42 Å². The van der Waals surface area contributed by atoms with E-state index in [9.17, 15) is 13.2 Å². The van der Waals surface area contributed by atoms with Crippen molar-refractivity contribution >= 4 is 11.6 Å². The van der Waals surface area contributed by atoms with Gasteiger partial charge in [-0.2, -0.15) is 18.3 Å². The van der Waals surface area contributed by atoms with Gasteiger partial charge in [0.05, 0.1) is 17.0 Å². The quantitative estimate of drug-likeness (QED) is 0.680. The van der Waals surface area contributed by atoms with Crippen LogP contribution in [-0.2, 0) is 6.18 Å². The summed E-state index contributed by atoms with van der Waals surface area (Å²) in [5, 5.41) is 3.83. The van der Waals surface area contributed by atoms with Crippen molar-refractivity contribution in [3.8, 4) is 17.0 Å². The first-order chi connectivity index (χ1) is 9.97. The zero-order valence-corrected chi connectivity index (χ0v) is 11.2. The lowest BCUT2D eigenvalue weighted by Crippen LogP contribution is -2.07. The van der Waals surface area contributed by atoms with Gasteiger partial charge in [-0.3, -0.25) is 0 Å². The number of aromatic nitrogens is 2. The highest BCUT2D eigenvalue weighted by Crippen LogP contribution is 2.34. The lowest BCUT2D eigenvalue weighted by molar-refractivity contribution is -0.141. The van der Waals surface area contributed by atoms with Crippen molar-refractivity contribution in [3.63, 3.8) is 0 Å². The van der Waals surface area contributed by atoms with Gasteiger partial charge in [0.15, 0.2) is 5.69 Å². The maximum absolute atomic E-state index is 12.7. The van der Waals surface area contributed by atoms with Crippen molar-refractivity contribution in [2.24, 2.45) is 0 Å². The highest BCUT2D eigenvalue weighted by molar-refractivity contribution is 6.33. The van der Waals surface area contributed by atoms with Gasteiger partial charge in [0.1, 0.15) is 5.76 Å². The number of rotatable bonds is 2. The molecular weight excluding hydrogens is 305 g/mol. The van der Waals surface area contributed by atoms with Gasteiger partial charge in [0, 0.05) is 11.8 Å². The van der Waals surface area contributed by atoms with Gasteiger partial charge in [-0.05, 0) is 30.3 Å². The van der Waals surface area contributed by atoms with E-state index in [1.165, 1.54) is 12.5 Å². The van der Waals surface area contributed by atoms with Crippen LogP contribution in [0.4, 0.5) is 13.2 Å². The van der Waals surface area contributed by atoms with Crippen LogP contribution in [0.1, 0.15) is 5.69 Å². The van der Waals surface area contributed by atoms with Gasteiger partial charge in [0.25, 0.3) is 0 Å². The van der Waals surface area contributed by atoms with E-state index in [2.05, 4.69) is 5.10 Å². The van der Waals surface area contributed by atoms with E-state index in [1.54, 1.807) is 30.3 Å². The first-order valence-electron chi connectivity index (χ1n) is 5.92. The van der Waals surface area contributed by atoms with Crippen molar-refractivity contribution in [2.45, 2.75) is 6.18 Å². The molecule has 0 radical (unpaired) electrons. The smallest absolute Gasteiger partial charge is 0.435 e. The molecule has 2 aromatic heterocycles. The molecule has 3 rings (SSSR count). The molecule has 21 heavy (non-hydrogen) atoms. The van der Waals surface area contributed by atoms with Crippen molar-refractivity contribution in [2.75, 3.05) is 0 Å². The standard InChI is InChI=1S/C14H8ClF3N2O/c15-10-4-1-3-9(11-5-2-8-21-11)13(10)20-7-6-12(19-20)14(16,17)18/h1-8H. The number of alkyl halides is 3. The number of hydrogen-bond donors (Lipinski definition) is 0. The minimum absolute atomic E-state index is 0.278. The summed E-state index contributed by atoms with van der Waals surface area (Å²) in [7, 11) is 0. The lowest BCUT2D eigenvalue weighted by Gasteiger charge is -2.10. The molecule has 0 unspecified atom stereocenters. The molecule has 0 aliphatic carbocycles. The Morgan fingerprint density at radius 3 is 2.52 bits per heavy atom. The monoisotopic (exact) mass is 312 g/mol. The molecule has 1 aromatic carbocycles. The van der Waals surface area contributed by atoms with E-state index in [0.717, 1.165) is 10.7 Å². The van der Waals surface area contributed by atoms with Crippen LogP contribution in [-0.4, -0.2) is 9.78 Å². The van der Waals surface area contributed by atoms with E-state index in [1.807, 2.05) is 0 Å². The Morgan fingerprint density at radius 1 is 1.10 bits per heavy atom. The maximum atomic E-state index is 12.7. The number of hydrogen-bond acceptors (Lipinski definition) is 2. The molecule has 7 heteroatoms. The molecular formula is C14H8ClF3N2O. The fourth-order valence-corrected chi connectivity index (χ4v) is 2.24. The third-order valence-corrected chi connectivity index (χ3v) is 3.19. The molecule has 0 atom stereocenters. The minimum Gasteiger partial charge on any atom is -0.464 e. The zero-order chi connectivity index (χ0) is 15.0. The minimum atomic E-state index is -4.50. The summed E-state index contributed by atoms with van der Waals surface area (Å²) < 4.78 is 44.4.